The monoisotopic (exact) mass is 232 g/mol. The molecule has 0 aliphatic heterocycles. The molecule has 1 rings (SSSR count). The highest BCUT2D eigenvalue weighted by Gasteiger charge is 2.12. The van der Waals surface area contributed by atoms with E-state index in [0.717, 1.165) is 11.1 Å². The second kappa shape index (κ2) is 5.67. The van der Waals surface area contributed by atoms with Gasteiger partial charge >= 0.3 is 5.97 Å². The van der Waals surface area contributed by atoms with E-state index in [1.807, 2.05) is 32.0 Å². The van der Waals surface area contributed by atoms with E-state index < -0.39 is 0 Å². The van der Waals surface area contributed by atoms with Gasteiger partial charge in [0.1, 0.15) is 5.75 Å². The van der Waals surface area contributed by atoms with Gasteiger partial charge in [-0.2, -0.15) is 0 Å². The van der Waals surface area contributed by atoms with Crippen LogP contribution in [0.3, 0.4) is 0 Å². The third-order valence-electron chi connectivity index (χ3n) is 2.75. The van der Waals surface area contributed by atoms with Gasteiger partial charge in [0.15, 0.2) is 0 Å². The van der Waals surface area contributed by atoms with E-state index >= 15 is 0 Å². The SMILES string of the molecule is C/C=C(\C)C(=O)Oc1cc(C)ccc1C(C)C. The molecule has 1 aromatic rings. The molecule has 92 valence electrons. The summed E-state index contributed by atoms with van der Waals surface area (Å²) in [6.45, 7) is 9.75. The first kappa shape index (κ1) is 13.5. The van der Waals surface area contributed by atoms with Crippen LogP contribution in [0.15, 0.2) is 29.8 Å². The van der Waals surface area contributed by atoms with Gasteiger partial charge in [0, 0.05) is 5.57 Å². The summed E-state index contributed by atoms with van der Waals surface area (Å²) in [6, 6.07) is 5.97. The number of carbonyl (C=O) groups is 1. The molecular weight excluding hydrogens is 212 g/mol. The van der Waals surface area contributed by atoms with Crippen LogP contribution in [0.25, 0.3) is 0 Å². The van der Waals surface area contributed by atoms with E-state index in [-0.39, 0.29) is 5.97 Å². The van der Waals surface area contributed by atoms with Crippen LogP contribution in [0.2, 0.25) is 0 Å². The van der Waals surface area contributed by atoms with Crippen LogP contribution in [0.5, 0.6) is 5.75 Å². The number of hydrogen-bond acceptors (Lipinski definition) is 2. The van der Waals surface area contributed by atoms with Gasteiger partial charge in [0.05, 0.1) is 0 Å². The molecule has 0 bridgehead atoms. The Morgan fingerprint density at radius 3 is 2.53 bits per heavy atom. The molecule has 0 aliphatic carbocycles. The average Bonchev–Trinajstić information content (AvgIpc) is 2.27. The molecule has 0 N–H and O–H groups in total. The summed E-state index contributed by atoms with van der Waals surface area (Å²) in [7, 11) is 0. The Morgan fingerprint density at radius 2 is 2.00 bits per heavy atom. The lowest BCUT2D eigenvalue weighted by molar-refractivity contribution is -0.130. The van der Waals surface area contributed by atoms with Gasteiger partial charge in [0.25, 0.3) is 0 Å². The average molecular weight is 232 g/mol. The van der Waals surface area contributed by atoms with Crippen molar-refractivity contribution in [3.63, 3.8) is 0 Å². The number of carbonyl (C=O) groups excluding carboxylic acids is 1. The fraction of sp³-hybridized carbons (Fsp3) is 0.400. The summed E-state index contributed by atoms with van der Waals surface area (Å²) in [5, 5.41) is 0. The molecule has 0 heterocycles. The summed E-state index contributed by atoms with van der Waals surface area (Å²) < 4.78 is 5.43. The van der Waals surface area contributed by atoms with Crippen molar-refractivity contribution in [1.29, 1.82) is 0 Å². The van der Waals surface area contributed by atoms with E-state index in [9.17, 15) is 4.79 Å². The van der Waals surface area contributed by atoms with Crippen molar-refractivity contribution in [2.75, 3.05) is 0 Å². The van der Waals surface area contributed by atoms with E-state index in [1.165, 1.54) is 0 Å². The Labute approximate surface area is 103 Å². The van der Waals surface area contributed by atoms with Gasteiger partial charge < -0.3 is 4.74 Å². The van der Waals surface area contributed by atoms with Crippen LogP contribution in [0.1, 0.15) is 44.7 Å². The number of allylic oxidation sites excluding steroid dienone is 1. The predicted molar refractivity (Wildman–Crippen MR) is 70.3 cm³/mol. The third-order valence-corrected chi connectivity index (χ3v) is 2.75. The normalized spacial score (nSPS) is 11.8. The molecule has 0 amide bonds. The molecule has 0 radical (unpaired) electrons. The molecule has 0 fully saturated rings. The van der Waals surface area contributed by atoms with E-state index in [1.54, 1.807) is 13.0 Å². The Morgan fingerprint density at radius 1 is 1.35 bits per heavy atom. The lowest BCUT2D eigenvalue weighted by Crippen LogP contribution is -2.11. The minimum atomic E-state index is -0.278. The van der Waals surface area contributed by atoms with E-state index in [2.05, 4.69) is 13.8 Å². The van der Waals surface area contributed by atoms with Crippen molar-refractivity contribution in [2.24, 2.45) is 0 Å². The van der Waals surface area contributed by atoms with Gasteiger partial charge in [-0.3, -0.25) is 0 Å². The van der Waals surface area contributed by atoms with E-state index in [0.29, 0.717) is 17.2 Å². The maximum Gasteiger partial charge on any atom is 0.338 e. The maximum absolute atomic E-state index is 11.7. The summed E-state index contributed by atoms with van der Waals surface area (Å²) in [5.41, 5.74) is 2.78. The Bertz CT molecular complexity index is 442. The fourth-order valence-corrected chi connectivity index (χ4v) is 1.51. The van der Waals surface area contributed by atoms with Crippen LogP contribution in [-0.4, -0.2) is 5.97 Å². The zero-order chi connectivity index (χ0) is 13.0. The fourth-order valence-electron chi connectivity index (χ4n) is 1.51. The summed E-state index contributed by atoms with van der Waals surface area (Å²) in [4.78, 5) is 11.7. The lowest BCUT2D eigenvalue weighted by Gasteiger charge is -2.13. The lowest BCUT2D eigenvalue weighted by atomic mass is 10.0. The predicted octanol–water partition coefficient (Wildman–Crippen LogP) is 3.99. The first-order valence-corrected chi connectivity index (χ1v) is 5.91. The van der Waals surface area contributed by atoms with E-state index in [4.69, 9.17) is 4.74 Å². The highest BCUT2D eigenvalue weighted by Crippen LogP contribution is 2.28. The molecule has 2 heteroatoms. The number of rotatable bonds is 3. The molecule has 17 heavy (non-hydrogen) atoms. The van der Waals surface area contributed by atoms with Crippen molar-refractivity contribution in [1.82, 2.24) is 0 Å². The number of hydrogen-bond donors (Lipinski definition) is 0. The molecule has 0 unspecified atom stereocenters. The minimum absolute atomic E-state index is 0.278. The third kappa shape index (κ3) is 3.45. The van der Waals surface area contributed by atoms with Crippen LogP contribution in [0, 0.1) is 6.92 Å². The molecule has 0 saturated carbocycles. The van der Waals surface area contributed by atoms with Gasteiger partial charge in [-0.15, -0.1) is 0 Å². The highest BCUT2D eigenvalue weighted by molar-refractivity contribution is 5.89. The number of benzene rings is 1. The Balaban J connectivity index is 3.04. The smallest absolute Gasteiger partial charge is 0.338 e. The first-order chi connectivity index (χ1) is 7.95. The van der Waals surface area contributed by atoms with Crippen LogP contribution < -0.4 is 4.74 Å². The zero-order valence-corrected chi connectivity index (χ0v) is 11.2. The van der Waals surface area contributed by atoms with Crippen molar-refractivity contribution >= 4 is 5.97 Å². The number of esters is 1. The van der Waals surface area contributed by atoms with Crippen LogP contribution in [-0.2, 0) is 4.79 Å². The second-order valence-corrected chi connectivity index (χ2v) is 4.56. The van der Waals surface area contributed by atoms with Crippen molar-refractivity contribution in [3.05, 3.63) is 41.0 Å². The zero-order valence-electron chi connectivity index (χ0n) is 11.2. The molecule has 0 spiro atoms. The number of ether oxygens (including phenoxy) is 1. The van der Waals surface area contributed by atoms with Crippen LogP contribution in [0.4, 0.5) is 0 Å². The molecular formula is C15H20O2. The number of aryl methyl sites for hydroxylation is 1. The Hall–Kier alpha value is -1.57. The van der Waals surface area contributed by atoms with Gasteiger partial charge in [-0.05, 0) is 43.9 Å². The molecule has 0 atom stereocenters. The molecule has 0 aliphatic rings. The quantitative estimate of drug-likeness (QED) is 0.447. The molecule has 2 nitrogen and oxygen atoms in total. The topological polar surface area (TPSA) is 26.3 Å². The Kier molecular flexibility index (Phi) is 4.50. The van der Waals surface area contributed by atoms with Crippen molar-refractivity contribution in [2.45, 2.75) is 40.5 Å². The molecule has 0 aromatic heterocycles. The maximum atomic E-state index is 11.7. The summed E-state index contributed by atoms with van der Waals surface area (Å²) in [6.07, 6.45) is 1.76. The first-order valence-electron chi connectivity index (χ1n) is 5.91. The minimum Gasteiger partial charge on any atom is -0.423 e. The van der Waals surface area contributed by atoms with Gasteiger partial charge in [0.2, 0.25) is 0 Å². The van der Waals surface area contributed by atoms with Gasteiger partial charge in [-0.25, -0.2) is 4.79 Å². The summed E-state index contributed by atoms with van der Waals surface area (Å²) >= 11 is 0. The van der Waals surface area contributed by atoms with Gasteiger partial charge in [-0.1, -0.05) is 32.1 Å². The van der Waals surface area contributed by atoms with Crippen LogP contribution >= 0.6 is 0 Å². The molecule has 1 aromatic carbocycles. The standard InChI is InChI=1S/C15H20O2/c1-6-12(5)15(16)17-14-9-11(4)7-8-13(14)10(2)3/h6-10H,1-5H3/b12-6+. The largest absolute Gasteiger partial charge is 0.423 e. The van der Waals surface area contributed by atoms with Crippen molar-refractivity contribution < 1.29 is 9.53 Å². The van der Waals surface area contributed by atoms with Crippen molar-refractivity contribution in [3.8, 4) is 5.75 Å². The second-order valence-electron chi connectivity index (χ2n) is 4.56. The summed E-state index contributed by atoms with van der Waals surface area (Å²) in [5.74, 6) is 0.732. The molecule has 0 saturated heterocycles. The highest BCUT2D eigenvalue weighted by atomic mass is 16.5.